The number of carboxylic acids is 1. The number of rotatable bonds is 8. The van der Waals surface area contributed by atoms with Gasteiger partial charge in [-0.25, -0.2) is 4.79 Å². The second-order valence-electron chi connectivity index (χ2n) is 7.02. The second-order valence-corrected chi connectivity index (χ2v) is 7.87. The van der Waals surface area contributed by atoms with Crippen LogP contribution in [0.2, 0.25) is 10.0 Å². The van der Waals surface area contributed by atoms with Crippen molar-refractivity contribution in [1.82, 2.24) is 4.90 Å². The smallest absolute Gasteiger partial charge is 0.326 e. The van der Waals surface area contributed by atoms with Gasteiger partial charge in [-0.1, -0.05) is 65.7 Å². The quantitative estimate of drug-likeness (QED) is 0.356. The molecule has 0 fully saturated rings. The van der Waals surface area contributed by atoms with Crippen LogP contribution in [0.5, 0.6) is 0 Å². The van der Waals surface area contributed by atoms with E-state index >= 15 is 0 Å². The first-order valence-corrected chi connectivity index (χ1v) is 10.3. The van der Waals surface area contributed by atoms with Gasteiger partial charge in [0.05, 0.1) is 15.5 Å². The van der Waals surface area contributed by atoms with E-state index in [2.05, 4.69) is 0 Å². The first-order chi connectivity index (χ1) is 15.3. The van der Waals surface area contributed by atoms with Gasteiger partial charge in [-0.3, -0.25) is 14.9 Å². The van der Waals surface area contributed by atoms with Crippen molar-refractivity contribution in [2.75, 3.05) is 0 Å². The topological polar surface area (TPSA) is 101 Å². The summed E-state index contributed by atoms with van der Waals surface area (Å²) in [6.07, 6.45) is 0.0695. The summed E-state index contributed by atoms with van der Waals surface area (Å²) in [7, 11) is 0. The van der Waals surface area contributed by atoms with Crippen LogP contribution in [0.1, 0.15) is 21.5 Å². The Morgan fingerprint density at radius 1 is 0.969 bits per heavy atom. The minimum absolute atomic E-state index is 0.0695. The maximum absolute atomic E-state index is 13.4. The van der Waals surface area contributed by atoms with Crippen LogP contribution in [-0.4, -0.2) is 32.8 Å². The van der Waals surface area contributed by atoms with E-state index in [4.69, 9.17) is 23.2 Å². The van der Waals surface area contributed by atoms with E-state index in [0.717, 1.165) is 5.56 Å². The lowest BCUT2D eigenvalue weighted by molar-refractivity contribution is -0.384. The van der Waals surface area contributed by atoms with E-state index < -0.39 is 22.8 Å². The predicted octanol–water partition coefficient (Wildman–Crippen LogP) is 5.24. The molecule has 9 heteroatoms. The van der Waals surface area contributed by atoms with Gasteiger partial charge >= 0.3 is 5.97 Å². The number of non-ortho nitro benzene ring substituents is 1. The lowest BCUT2D eigenvalue weighted by atomic mass is 10.0. The van der Waals surface area contributed by atoms with Crippen LogP contribution in [-0.2, 0) is 17.8 Å². The van der Waals surface area contributed by atoms with E-state index in [1.165, 1.54) is 47.4 Å². The van der Waals surface area contributed by atoms with Crippen LogP contribution in [0.15, 0.2) is 72.8 Å². The fraction of sp³-hybridized carbons (Fsp3) is 0.130. The Kier molecular flexibility index (Phi) is 7.45. The van der Waals surface area contributed by atoms with Crippen molar-refractivity contribution in [3.63, 3.8) is 0 Å². The van der Waals surface area contributed by atoms with Crippen LogP contribution in [0, 0.1) is 10.1 Å². The summed E-state index contributed by atoms with van der Waals surface area (Å²) in [6, 6.07) is 17.7. The highest BCUT2D eigenvalue weighted by Gasteiger charge is 2.32. The molecule has 0 aliphatic rings. The molecule has 0 aliphatic heterocycles. The van der Waals surface area contributed by atoms with Crippen molar-refractivity contribution < 1.29 is 19.6 Å². The van der Waals surface area contributed by atoms with Crippen LogP contribution >= 0.6 is 23.2 Å². The highest BCUT2D eigenvalue weighted by molar-refractivity contribution is 6.36. The van der Waals surface area contributed by atoms with Crippen LogP contribution in [0.4, 0.5) is 5.69 Å². The second kappa shape index (κ2) is 10.3. The Morgan fingerprint density at radius 3 is 2.19 bits per heavy atom. The summed E-state index contributed by atoms with van der Waals surface area (Å²) in [6.45, 7) is -0.0837. The average Bonchev–Trinajstić information content (AvgIpc) is 2.76. The molecular weight excluding hydrogens is 455 g/mol. The van der Waals surface area contributed by atoms with E-state index in [9.17, 15) is 24.8 Å². The molecule has 0 bridgehead atoms. The van der Waals surface area contributed by atoms with Gasteiger partial charge in [-0.05, 0) is 29.3 Å². The molecule has 1 amide bonds. The minimum atomic E-state index is -1.20. The Morgan fingerprint density at radius 2 is 1.62 bits per heavy atom. The third-order valence-corrected chi connectivity index (χ3v) is 5.40. The zero-order valence-corrected chi connectivity index (χ0v) is 18.2. The molecule has 7 nitrogen and oxygen atoms in total. The Hall–Kier alpha value is -3.42. The zero-order valence-electron chi connectivity index (χ0n) is 16.7. The highest BCUT2D eigenvalue weighted by atomic mass is 35.5. The molecule has 0 heterocycles. The number of nitro benzene ring substituents is 1. The first-order valence-electron chi connectivity index (χ1n) is 9.52. The summed E-state index contributed by atoms with van der Waals surface area (Å²) >= 11 is 12.2. The fourth-order valence-corrected chi connectivity index (χ4v) is 3.72. The lowest BCUT2D eigenvalue weighted by Gasteiger charge is -2.30. The molecule has 0 aliphatic carbocycles. The predicted molar refractivity (Wildman–Crippen MR) is 121 cm³/mol. The molecule has 164 valence electrons. The first kappa shape index (κ1) is 23.2. The van der Waals surface area contributed by atoms with Crippen molar-refractivity contribution in [3.05, 3.63) is 110 Å². The lowest BCUT2D eigenvalue weighted by Crippen LogP contribution is -2.46. The maximum Gasteiger partial charge on any atom is 0.326 e. The van der Waals surface area contributed by atoms with Crippen molar-refractivity contribution in [2.24, 2.45) is 0 Å². The zero-order chi connectivity index (χ0) is 23.3. The maximum atomic E-state index is 13.4. The van der Waals surface area contributed by atoms with Crippen LogP contribution < -0.4 is 0 Å². The van der Waals surface area contributed by atoms with E-state index in [1.807, 2.05) is 6.07 Å². The molecule has 1 atom stereocenters. The number of amides is 1. The van der Waals surface area contributed by atoms with Crippen molar-refractivity contribution >= 4 is 40.8 Å². The molecule has 0 radical (unpaired) electrons. The largest absolute Gasteiger partial charge is 0.480 e. The molecule has 0 unspecified atom stereocenters. The Balaban J connectivity index is 2.00. The van der Waals surface area contributed by atoms with E-state index in [0.29, 0.717) is 10.6 Å². The third kappa shape index (κ3) is 5.63. The fourth-order valence-electron chi connectivity index (χ4n) is 3.23. The Labute approximate surface area is 194 Å². The van der Waals surface area contributed by atoms with Gasteiger partial charge in [0.1, 0.15) is 6.04 Å². The molecule has 3 aromatic carbocycles. The number of carbonyl (C=O) groups is 2. The number of aliphatic carboxylic acids is 1. The summed E-state index contributed by atoms with van der Waals surface area (Å²) in [5.74, 6) is -1.78. The summed E-state index contributed by atoms with van der Waals surface area (Å²) < 4.78 is 0. The number of halogens is 2. The number of carbonyl (C=O) groups excluding carboxylic acids is 1. The molecule has 3 aromatic rings. The minimum Gasteiger partial charge on any atom is -0.480 e. The SMILES string of the molecule is O=C(O)[C@H](Cc1ccccc1)N(Cc1ccc([N+](=O)[O-])cc1)C(=O)c1ccc(Cl)cc1Cl. The van der Waals surface area contributed by atoms with Gasteiger partial charge in [-0.15, -0.1) is 0 Å². The molecule has 0 saturated carbocycles. The number of nitro groups is 1. The van der Waals surface area contributed by atoms with Gasteiger partial charge in [0, 0.05) is 30.1 Å². The van der Waals surface area contributed by atoms with E-state index in [-0.39, 0.29) is 29.2 Å². The summed E-state index contributed by atoms with van der Waals surface area (Å²) in [5.41, 5.74) is 1.28. The molecule has 32 heavy (non-hydrogen) atoms. The van der Waals surface area contributed by atoms with Gasteiger partial charge in [0.2, 0.25) is 0 Å². The van der Waals surface area contributed by atoms with Crippen molar-refractivity contribution in [2.45, 2.75) is 19.0 Å². The summed E-state index contributed by atoms with van der Waals surface area (Å²) in [5, 5.41) is 21.3. The van der Waals surface area contributed by atoms with Crippen LogP contribution in [0.25, 0.3) is 0 Å². The number of benzene rings is 3. The highest BCUT2D eigenvalue weighted by Crippen LogP contribution is 2.25. The number of hydrogen-bond donors (Lipinski definition) is 1. The van der Waals surface area contributed by atoms with Gasteiger partial charge < -0.3 is 10.0 Å². The molecule has 0 saturated heterocycles. The van der Waals surface area contributed by atoms with Crippen LogP contribution in [0.3, 0.4) is 0 Å². The Bertz CT molecular complexity index is 1140. The normalized spacial score (nSPS) is 11.6. The molecular formula is C23H18Cl2N2O5. The molecule has 0 spiro atoms. The average molecular weight is 473 g/mol. The molecule has 1 N–H and O–H groups in total. The monoisotopic (exact) mass is 472 g/mol. The summed E-state index contributed by atoms with van der Waals surface area (Å²) in [4.78, 5) is 37.2. The van der Waals surface area contributed by atoms with Gasteiger partial charge in [0.25, 0.3) is 11.6 Å². The number of hydrogen-bond acceptors (Lipinski definition) is 4. The van der Waals surface area contributed by atoms with Gasteiger partial charge in [-0.2, -0.15) is 0 Å². The standard InChI is InChI=1S/C23H18Cl2N2O5/c24-17-8-11-19(20(25)13-17)22(28)26(14-16-6-9-18(10-7-16)27(31)32)21(23(29)30)12-15-4-2-1-3-5-15/h1-11,13,21H,12,14H2,(H,29,30)/t21-/m0/s1. The molecule has 3 rings (SSSR count). The van der Waals surface area contributed by atoms with E-state index in [1.54, 1.807) is 24.3 Å². The number of nitrogens with zero attached hydrogens (tertiary/aromatic N) is 2. The van der Waals surface area contributed by atoms with Gasteiger partial charge in [0.15, 0.2) is 0 Å². The van der Waals surface area contributed by atoms with Crippen molar-refractivity contribution in [3.8, 4) is 0 Å². The number of carboxylic acid groups (broad SMARTS) is 1. The third-order valence-electron chi connectivity index (χ3n) is 4.86. The molecule has 0 aromatic heterocycles. The van der Waals surface area contributed by atoms with Crippen molar-refractivity contribution in [1.29, 1.82) is 0 Å².